The molecule has 1 fully saturated rings. The Morgan fingerprint density at radius 3 is 2.82 bits per heavy atom. The number of nitrogens with two attached hydrogens (primary N) is 2. The molecule has 0 atom stereocenters. The zero-order valence-electron chi connectivity index (χ0n) is 6.66. The fourth-order valence-electron chi connectivity index (χ4n) is 1.05. The molecule has 1 rings (SSSR count). The summed E-state index contributed by atoms with van der Waals surface area (Å²) in [6.07, 6.45) is 0.306. The summed E-state index contributed by atoms with van der Waals surface area (Å²) in [5, 5.41) is 3.37. The van der Waals surface area contributed by atoms with Crippen LogP contribution < -0.4 is 11.6 Å². The Morgan fingerprint density at radius 2 is 2.36 bits per heavy atom. The highest BCUT2D eigenvalue weighted by molar-refractivity contribution is 5.78. The Balaban J connectivity index is 2.19. The maximum Gasteiger partial charge on any atom is 0.213 e. The summed E-state index contributed by atoms with van der Waals surface area (Å²) >= 11 is 0. The third-order valence-electron chi connectivity index (χ3n) is 1.71. The zero-order valence-corrected chi connectivity index (χ0v) is 6.66. The van der Waals surface area contributed by atoms with Crippen LogP contribution in [-0.4, -0.2) is 36.7 Å². The maximum absolute atomic E-state index is 5.43. The predicted octanol–water partition coefficient (Wildman–Crippen LogP) is -1.10. The van der Waals surface area contributed by atoms with E-state index in [4.69, 9.17) is 16.3 Å². The molecule has 4 N–H and O–H groups in total. The van der Waals surface area contributed by atoms with Crippen LogP contribution >= 0.6 is 0 Å². The van der Waals surface area contributed by atoms with E-state index >= 15 is 0 Å². The largest absolute Gasteiger partial charge is 0.375 e. The third-order valence-corrected chi connectivity index (χ3v) is 1.71. The van der Waals surface area contributed by atoms with E-state index in [-0.39, 0.29) is 0 Å². The fraction of sp³-hybridized carbons (Fsp3) is 0.833. The van der Waals surface area contributed by atoms with Crippen LogP contribution in [0.1, 0.15) is 6.92 Å². The highest BCUT2D eigenvalue weighted by atomic mass is 16.5. The molecule has 64 valence electrons. The Bertz CT molecular complexity index is 153. The van der Waals surface area contributed by atoms with Crippen molar-refractivity contribution in [1.29, 1.82) is 0 Å². The second-order valence-corrected chi connectivity index (χ2v) is 2.47. The van der Waals surface area contributed by atoms with Crippen LogP contribution in [0.3, 0.4) is 0 Å². The van der Waals surface area contributed by atoms with Crippen LogP contribution in [-0.2, 0) is 4.74 Å². The second-order valence-electron chi connectivity index (χ2n) is 2.47. The van der Waals surface area contributed by atoms with E-state index in [1.807, 2.05) is 11.8 Å². The molecule has 0 radical (unpaired) electrons. The van der Waals surface area contributed by atoms with Gasteiger partial charge in [0.25, 0.3) is 0 Å². The molecule has 1 saturated heterocycles. The highest BCUT2D eigenvalue weighted by Gasteiger charge is 2.28. The predicted molar refractivity (Wildman–Crippen MR) is 42.8 cm³/mol. The number of hydrogen-bond acceptors (Lipinski definition) is 3. The zero-order chi connectivity index (χ0) is 8.27. The highest BCUT2D eigenvalue weighted by Crippen LogP contribution is 2.09. The number of hydrogen-bond donors (Lipinski definition) is 2. The molecule has 0 aliphatic carbocycles. The SMILES string of the molecule is CCOC1CN(/C(N)=N/N)C1. The lowest BCUT2D eigenvalue weighted by Crippen LogP contribution is -2.57. The van der Waals surface area contributed by atoms with Crippen LogP contribution in [0.4, 0.5) is 0 Å². The topological polar surface area (TPSA) is 76.9 Å². The summed E-state index contributed by atoms with van der Waals surface area (Å²) in [6.45, 7) is 4.34. The van der Waals surface area contributed by atoms with Gasteiger partial charge in [-0.2, -0.15) is 0 Å². The molecule has 1 aliphatic rings. The molecule has 1 heterocycles. The van der Waals surface area contributed by atoms with Crippen LogP contribution in [0.5, 0.6) is 0 Å². The van der Waals surface area contributed by atoms with Crippen molar-refractivity contribution in [1.82, 2.24) is 4.90 Å². The van der Waals surface area contributed by atoms with E-state index in [0.29, 0.717) is 12.1 Å². The van der Waals surface area contributed by atoms with Crippen molar-refractivity contribution >= 4 is 5.96 Å². The van der Waals surface area contributed by atoms with Crippen LogP contribution in [0.2, 0.25) is 0 Å². The normalized spacial score (nSPS) is 20.1. The van der Waals surface area contributed by atoms with Crippen molar-refractivity contribution in [2.45, 2.75) is 13.0 Å². The molecular formula is C6H14N4O. The van der Waals surface area contributed by atoms with Gasteiger partial charge >= 0.3 is 0 Å². The van der Waals surface area contributed by atoms with Gasteiger partial charge in [0.1, 0.15) is 0 Å². The number of ether oxygens (including phenoxy) is 1. The average molecular weight is 158 g/mol. The van der Waals surface area contributed by atoms with Crippen LogP contribution in [0, 0.1) is 0 Å². The minimum absolute atomic E-state index is 0.306. The van der Waals surface area contributed by atoms with Crippen LogP contribution in [0.15, 0.2) is 5.10 Å². The fourth-order valence-corrected chi connectivity index (χ4v) is 1.05. The molecule has 0 amide bonds. The summed E-state index contributed by atoms with van der Waals surface area (Å²) in [4.78, 5) is 1.88. The number of likely N-dealkylation sites (tertiary alicyclic amines) is 1. The lowest BCUT2D eigenvalue weighted by Gasteiger charge is -2.38. The monoisotopic (exact) mass is 158 g/mol. The van der Waals surface area contributed by atoms with Crippen molar-refractivity contribution in [2.24, 2.45) is 16.7 Å². The lowest BCUT2D eigenvalue weighted by molar-refractivity contribution is -0.0199. The van der Waals surface area contributed by atoms with Crippen molar-refractivity contribution < 1.29 is 4.74 Å². The molecule has 0 aromatic heterocycles. The second kappa shape index (κ2) is 3.43. The summed E-state index contributed by atoms with van der Waals surface area (Å²) in [6, 6.07) is 0. The minimum atomic E-state index is 0.306. The van der Waals surface area contributed by atoms with Gasteiger partial charge in [-0.15, -0.1) is 5.10 Å². The van der Waals surface area contributed by atoms with Crippen molar-refractivity contribution in [2.75, 3.05) is 19.7 Å². The molecule has 11 heavy (non-hydrogen) atoms. The first-order valence-electron chi connectivity index (χ1n) is 3.67. The lowest BCUT2D eigenvalue weighted by atomic mass is 10.2. The maximum atomic E-state index is 5.43. The first-order chi connectivity index (χ1) is 5.27. The van der Waals surface area contributed by atoms with Gasteiger partial charge in [0.05, 0.1) is 6.10 Å². The first kappa shape index (κ1) is 8.13. The molecule has 0 spiro atoms. The van der Waals surface area contributed by atoms with Gasteiger partial charge in [-0.1, -0.05) is 0 Å². The van der Waals surface area contributed by atoms with Gasteiger partial charge < -0.3 is 21.2 Å². The summed E-state index contributed by atoms with van der Waals surface area (Å²) < 4.78 is 5.31. The van der Waals surface area contributed by atoms with Gasteiger partial charge in [0.2, 0.25) is 5.96 Å². The molecular weight excluding hydrogens is 144 g/mol. The van der Waals surface area contributed by atoms with E-state index in [1.54, 1.807) is 0 Å². The molecule has 1 aliphatic heterocycles. The Morgan fingerprint density at radius 1 is 1.73 bits per heavy atom. The minimum Gasteiger partial charge on any atom is -0.375 e. The van der Waals surface area contributed by atoms with Crippen molar-refractivity contribution in [3.05, 3.63) is 0 Å². The van der Waals surface area contributed by atoms with Crippen molar-refractivity contribution in [3.8, 4) is 0 Å². The van der Waals surface area contributed by atoms with Gasteiger partial charge in [0, 0.05) is 19.7 Å². The van der Waals surface area contributed by atoms with Gasteiger partial charge in [-0.3, -0.25) is 0 Å². The van der Waals surface area contributed by atoms with E-state index in [2.05, 4.69) is 5.10 Å². The standard InChI is InChI=1S/C6H14N4O/c1-2-11-5-3-10(4-5)6(7)9-8/h5H,2-4,8H2,1H3,(H2,7,9). The molecule has 5 nitrogen and oxygen atoms in total. The third kappa shape index (κ3) is 1.74. The number of hydrazone groups is 1. The number of guanidine groups is 1. The van der Waals surface area contributed by atoms with Crippen LogP contribution in [0.25, 0.3) is 0 Å². The van der Waals surface area contributed by atoms with E-state index in [0.717, 1.165) is 19.7 Å². The molecule has 0 bridgehead atoms. The quantitative estimate of drug-likeness (QED) is 0.231. The Hall–Kier alpha value is -0.970. The van der Waals surface area contributed by atoms with E-state index < -0.39 is 0 Å². The summed E-state index contributed by atoms with van der Waals surface area (Å²) in [5.41, 5.74) is 5.43. The molecule has 0 aromatic carbocycles. The van der Waals surface area contributed by atoms with E-state index in [9.17, 15) is 0 Å². The average Bonchev–Trinajstić information content (AvgIpc) is 1.94. The van der Waals surface area contributed by atoms with Gasteiger partial charge in [-0.25, -0.2) is 0 Å². The number of nitrogens with zero attached hydrogens (tertiary/aromatic N) is 2. The molecule has 5 heteroatoms. The Kier molecular flexibility index (Phi) is 2.53. The smallest absolute Gasteiger partial charge is 0.213 e. The number of rotatable bonds is 2. The summed E-state index contributed by atoms with van der Waals surface area (Å²) in [5.74, 6) is 5.37. The van der Waals surface area contributed by atoms with Gasteiger partial charge in [0.15, 0.2) is 0 Å². The Labute approximate surface area is 66.0 Å². The molecule has 0 unspecified atom stereocenters. The molecule has 0 saturated carbocycles. The summed E-state index contributed by atoms with van der Waals surface area (Å²) in [7, 11) is 0. The van der Waals surface area contributed by atoms with E-state index in [1.165, 1.54) is 0 Å². The van der Waals surface area contributed by atoms with Crippen molar-refractivity contribution in [3.63, 3.8) is 0 Å². The van der Waals surface area contributed by atoms with Gasteiger partial charge in [-0.05, 0) is 6.92 Å². The first-order valence-corrected chi connectivity index (χ1v) is 3.67. The molecule has 0 aromatic rings.